The van der Waals surface area contributed by atoms with Gasteiger partial charge >= 0.3 is 0 Å². The van der Waals surface area contributed by atoms with Gasteiger partial charge in [0.25, 0.3) is 0 Å². The number of hydrogen-bond acceptors (Lipinski definition) is 3. The Morgan fingerprint density at radius 2 is 1.48 bits per heavy atom. The number of aromatic nitrogens is 2. The van der Waals surface area contributed by atoms with Gasteiger partial charge in [0.05, 0.1) is 16.3 Å². The fourth-order valence-electron chi connectivity index (χ4n) is 3.19. The molecule has 0 N–H and O–H groups in total. The zero-order valence-corrected chi connectivity index (χ0v) is 19.8. The van der Waals surface area contributed by atoms with E-state index in [0.717, 1.165) is 12.1 Å². The molecule has 168 valence electrons. The fraction of sp³-hybridized carbons (Fsp3) is 0.120. The third-order valence-electron chi connectivity index (χ3n) is 4.83. The summed E-state index contributed by atoms with van der Waals surface area (Å²) in [6.45, 7) is 3.87. The standard InChI is InChI=1S/C25H17Cl3F2N2O/c1-13(2)24-31-23(18-9-7-16(27)11-19(18)28)22(14-3-5-15(26)6-4-14)25(32-24)33-17-8-10-20(29)21(30)12-17/h3-13H,1-2H3. The summed E-state index contributed by atoms with van der Waals surface area (Å²) in [5, 5.41) is 1.42. The first-order valence-corrected chi connectivity index (χ1v) is 11.1. The predicted molar refractivity (Wildman–Crippen MR) is 128 cm³/mol. The van der Waals surface area contributed by atoms with E-state index in [1.165, 1.54) is 6.07 Å². The normalized spacial score (nSPS) is 11.2. The Balaban J connectivity index is 2.01. The summed E-state index contributed by atoms with van der Waals surface area (Å²) in [5.74, 6) is -1.31. The Labute approximate surface area is 204 Å². The molecule has 0 aliphatic heterocycles. The minimum Gasteiger partial charge on any atom is -0.438 e. The second-order valence-electron chi connectivity index (χ2n) is 7.57. The quantitative estimate of drug-likeness (QED) is 0.271. The molecule has 4 rings (SSSR count). The van der Waals surface area contributed by atoms with E-state index in [0.29, 0.717) is 43.3 Å². The minimum absolute atomic E-state index is 0.0543. The van der Waals surface area contributed by atoms with E-state index >= 15 is 0 Å². The van der Waals surface area contributed by atoms with E-state index in [1.54, 1.807) is 42.5 Å². The lowest BCUT2D eigenvalue weighted by Gasteiger charge is -2.18. The Bertz CT molecular complexity index is 1330. The predicted octanol–water partition coefficient (Wildman–Crippen LogP) is 8.96. The van der Waals surface area contributed by atoms with Crippen LogP contribution in [-0.4, -0.2) is 9.97 Å². The first-order valence-electron chi connectivity index (χ1n) is 9.99. The van der Waals surface area contributed by atoms with Crippen molar-refractivity contribution < 1.29 is 13.5 Å². The summed E-state index contributed by atoms with van der Waals surface area (Å²) >= 11 is 18.7. The summed E-state index contributed by atoms with van der Waals surface area (Å²) in [6.07, 6.45) is 0. The molecule has 0 amide bonds. The molecule has 0 aliphatic carbocycles. The lowest BCUT2D eigenvalue weighted by molar-refractivity contribution is 0.445. The Morgan fingerprint density at radius 1 is 0.788 bits per heavy atom. The van der Waals surface area contributed by atoms with E-state index in [9.17, 15) is 8.78 Å². The molecule has 3 aromatic carbocycles. The van der Waals surface area contributed by atoms with E-state index in [-0.39, 0.29) is 17.5 Å². The van der Waals surface area contributed by atoms with Gasteiger partial charge in [0.1, 0.15) is 11.6 Å². The van der Waals surface area contributed by atoms with Gasteiger partial charge in [0.15, 0.2) is 11.6 Å². The zero-order valence-electron chi connectivity index (χ0n) is 17.5. The fourth-order valence-corrected chi connectivity index (χ4v) is 3.82. The second kappa shape index (κ2) is 9.64. The van der Waals surface area contributed by atoms with Crippen molar-refractivity contribution in [3.05, 3.63) is 93.2 Å². The van der Waals surface area contributed by atoms with Gasteiger partial charge < -0.3 is 4.74 Å². The van der Waals surface area contributed by atoms with Gasteiger partial charge in [-0.2, -0.15) is 4.98 Å². The monoisotopic (exact) mass is 504 g/mol. The van der Waals surface area contributed by atoms with E-state index in [2.05, 4.69) is 4.98 Å². The van der Waals surface area contributed by atoms with Crippen LogP contribution in [0, 0.1) is 11.6 Å². The van der Waals surface area contributed by atoms with E-state index in [4.69, 9.17) is 44.5 Å². The summed E-state index contributed by atoms with van der Waals surface area (Å²) in [7, 11) is 0. The molecule has 0 fully saturated rings. The van der Waals surface area contributed by atoms with Crippen LogP contribution in [0.15, 0.2) is 60.7 Å². The molecule has 1 aromatic heterocycles. The Kier molecular flexibility index (Phi) is 6.84. The van der Waals surface area contributed by atoms with Crippen molar-refractivity contribution in [2.75, 3.05) is 0 Å². The van der Waals surface area contributed by atoms with Crippen molar-refractivity contribution in [2.24, 2.45) is 0 Å². The number of benzene rings is 3. The maximum atomic E-state index is 13.9. The highest BCUT2D eigenvalue weighted by atomic mass is 35.5. The number of rotatable bonds is 5. The second-order valence-corrected chi connectivity index (χ2v) is 8.85. The van der Waals surface area contributed by atoms with E-state index in [1.807, 2.05) is 13.8 Å². The van der Waals surface area contributed by atoms with Crippen molar-refractivity contribution in [3.63, 3.8) is 0 Å². The maximum absolute atomic E-state index is 13.9. The molecule has 0 spiro atoms. The molecular formula is C25H17Cl3F2N2O. The van der Waals surface area contributed by atoms with Gasteiger partial charge in [-0.05, 0) is 48.0 Å². The van der Waals surface area contributed by atoms with Gasteiger partial charge in [-0.15, -0.1) is 0 Å². The lowest BCUT2D eigenvalue weighted by Crippen LogP contribution is -2.05. The van der Waals surface area contributed by atoms with Crippen molar-refractivity contribution in [2.45, 2.75) is 19.8 Å². The molecule has 0 unspecified atom stereocenters. The molecule has 0 saturated carbocycles. The molecule has 1 heterocycles. The van der Waals surface area contributed by atoms with Crippen molar-refractivity contribution in [1.82, 2.24) is 9.97 Å². The molecule has 0 aliphatic rings. The third kappa shape index (κ3) is 5.11. The van der Waals surface area contributed by atoms with Crippen LogP contribution in [0.4, 0.5) is 8.78 Å². The molecule has 4 aromatic rings. The van der Waals surface area contributed by atoms with Crippen LogP contribution < -0.4 is 4.74 Å². The van der Waals surface area contributed by atoms with Gasteiger partial charge in [0, 0.05) is 27.6 Å². The lowest BCUT2D eigenvalue weighted by atomic mass is 9.99. The van der Waals surface area contributed by atoms with Crippen LogP contribution in [0.3, 0.4) is 0 Å². The summed E-state index contributed by atoms with van der Waals surface area (Å²) < 4.78 is 33.3. The highest BCUT2D eigenvalue weighted by Gasteiger charge is 2.23. The summed E-state index contributed by atoms with van der Waals surface area (Å²) in [6, 6.07) is 15.4. The zero-order chi connectivity index (χ0) is 23.7. The Hall–Kier alpha value is -2.73. The topological polar surface area (TPSA) is 35.0 Å². The number of ether oxygens (including phenoxy) is 1. The van der Waals surface area contributed by atoms with Crippen LogP contribution in [0.25, 0.3) is 22.4 Å². The third-order valence-corrected chi connectivity index (χ3v) is 5.63. The van der Waals surface area contributed by atoms with Gasteiger partial charge in [-0.25, -0.2) is 13.8 Å². The van der Waals surface area contributed by atoms with Crippen LogP contribution in [0.1, 0.15) is 25.6 Å². The van der Waals surface area contributed by atoms with Gasteiger partial charge in [-0.3, -0.25) is 0 Å². The molecule has 0 bridgehead atoms. The molecule has 0 radical (unpaired) electrons. The van der Waals surface area contributed by atoms with E-state index < -0.39 is 11.6 Å². The number of nitrogens with zero attached hydrogens (tertiary/aromatic N) is 2. The summed E-state index contributed by atoms with van der Waals surface area (Å²) in [5.41, 5.74) is 2.35. The Morgan fingerprint density at radius 3 is 2.12 bits per heavy atom. The molecule has 0 atom stereocenters. The number of halogens is 5. The molecular weight excluding hydrogens is 489 g/mol. The number of hydrogen-bond donors (Lipinski definition) is 0. The minimum atomic E-state index is -1.03. The molecule has 3 nitrogen and oxygen atoms in total. The first kappa shape index (κ1) is 23.4. The van der Waals surface area contributed by atoms with Gasteiger partial charge in [-0.1, -0.05) is 60.8 Å². The highest BCUT2D eigenvalue weighted by molar-refractivity contribution is 6.36. The van der Waals surface area contributed by atoms with Crippen molar-refractivity contribution in [1.29, 1.82) is 0 Å². The average Bonchev–Trinajstić information content (AvgIpc) is 2.76. The highest BCUT2D eigenvalue weighted by Crippen LogP contribution is 2.42. The van der Waals surface area contributed by atoms with Crippen molar-refractivity contribution in [3.8, 4) is 34.0 Å². The van der Waals surface area contributed by atoms with Crippen LogP contribution in [-0.2, 0) is 0 Å². The smallest absolute Gasteiger partial charge is 0.231 e. The molecule has 8 heteroatoms. The van der Waals surface area contributed by atoms with Crippen LogP contribution in [0.5, 0.6) is 11.6 Å². The van der Waals surface area contributed by atoms with Crippen molar-refractivity contribution >= 4 is 34.8 Å². The van der Waals surface area contributed by atoms with Crippen LogP contribution in [0.2, 0.25) is 15.1 Å². The van der Waals surface area contributed by atoms with Crippen LogP contribution >= 0.6 is 34.8 Å². The van der Waals surface area contributed by atoms with Gasteiger partial charge in [0.2, 0.25) is 5.88 Å². The maximum Gasteiger partial charge on any atom is 0.231 e. The largest absolute Gasteiger partial charge is 0.438 e. The average molecular weight is 506 g/mol. The molecule has 0 saturated heterocycles. The SMILES string of the molecule is CC(C)c1nc(Oc2ccc(F)c(F)c2)c(-c2ccc(Cl)cc2)c(-c2ccc(Cl)cc2Cl)n1. The first-order chi connectivity index (χ1) is 15.7. The molecule has 33 heavy (non-hydrogen) atoms. The summed E-state index contributed by atoms with van der Waals surface area (Å²) in [4.78, 5) is 9.38.